The number of rotatable bonds is 8. The van der Waals surface area contributed by atoms with Crippen molar-refractivity contribution in [3.63, 3.8) is 0 Å². The Balaban J connectivity index is 1.41. The van der Waals surface area contributed by atoms with E-state index in [9.17, 15) is 4.79 Å². The van der Waals surface area contributed by atoms with Gasteiger partial charge < -0.3 is 19.5 Å². The van der Waals surface area contributed by atoms with Crippen molar-refractivity contribution < 1.29 is 19.0 Å². The van der Waals surface area contributed by atoms with Gasteiger partial charge in [-0.15, -0.1) is 10.2 Å². The van der Waals surface area contributed by atoms with Crippen LogP contribution in [0.15, 0.2) is 71.9 Å². The number of nitrogens with zero attached hydrogens (tertiary/aromatic N) is 3. The molecule has 37 heavy (non-hydrogen) atoms. The van der Waals surface area contributed by atoms with Crippen LogP contribution >= 0.6 is 11.8 Å². The van der Waals surface area contributed by atoms with Crippen LogP contribution in [0.1, 0.15) is 25.3 Å². The summed E-state index contributed by atoms with van der Waals surface area (Å²) in [5.74, 6) is 3.08. The van der Waals surface area contributed by atoms with Gasteiger partial charge in [0.05, 0.1) is 18.6 Å². The summed E-state index contributed by atoms with van der Waals surface area (Å²) in [7, 11) is 1.64. The van der Waals surface area contributed by atoms with Gasteiger partial charge in [-0.25, -0.2) is 0 Å². The van der Waals surface area contributed by atoms with Gasteiger partial charge in [-0.05, 0) is 53.9 Å². The molecule has 4 aromatic rings. The first-order chi connectivity index (χ1) is 18.0. The molecule has 1 amide bonds. The fraction of sp³-hybridized carbons (Fsp3) is 0.250. The number of carbonyl (C=O) groups is 1. The number of nitrogens with one attached hydrogen (secondary N) is 1. The molecule has 0 unspecified atom stereocenters. The van der Waals surface area contributed by atoms with Crippen molar-refractivity contribution in [3.05, 3.63) is 72.3 Å². The Morgan fingerprint density at radius 1 is 1.03 bits per heavy atom. The second-order valence-electron chi connectivity index (χ2n) is 8.78. The van der Waals surface area contributed by atoms with Gasteiger partial charge in [-0.2, -0.15) is 0 Å². The average Bonchev–Trinajstić information content (AvgIpc) is 3.35. The van der Waals surface area contributed by atoms with Gasteiger partial charge in [0.25, 0.3) is 0 Å². The third-order valence-electron chi connectivity index (χ3n) is 5.94. The zero-order valence-corrected chi connectivity index (χ0v) is 21.7. The highest BCUT2D eigenvalue weighted by Crippen LogP contribution is 2.34. The van der Waals surface area contributed by atoms with Crippen LogP contribution in [-0.2, 0) is 4.79 Å². The summed E-state index contributed by atoms with van der Waals surface area (Å²) in [4.78, 5) is 12.8. The molecule has 0 saturated heterocycles. The number of aromatic nitrogens is 3. The first kappa shape index (κ1) is 24.7. The minimum Gasteiger partial charge on any atom is -0.497 e. The topological polar surface area (TPSA) is 87.5 Å². The van der Waals surface area contributed by atoms with E-state index in [1.165, 1.54) is 17.3 Å². The molecule has 0 saturated carbocycles. The fourth-order valence-electron chi connectivity index (χ4n) is 4.14. The molecular formula is C28H28N4O4S. The van der Waals surface area contributed by atoms with Crippen molar-refractivity contribution in [2.24, 2.45) is 0 Å². The summed E-state index contributed by atoms with van der Waals surface area (Å²) in [6, 6.07) is 21.3. The predicted octanol–water partition coefficient (Wildman–Crippen LogP) is 5.57. The Labute approximate surface area is 220 Å². The van der Waals surface area contributed by atoms with Crippen LogP contribution in [0.2, 0.25) is 0 Å². The number of ether oxygens (including phenoxy) is 3. The molecule has 0 fully saturated rings. The van der Waals surface area contributed by atoms with E-state index < -0.39 is 0 Å². The maximum Gasteiger partial charge on any atom is 0.234 e. The molecule has 1 aliphatic heterocycles. The highest BCUT2D eigenvalue weighted by molar-refractivity contribution is 7.99. The van der Waals surface area contributed by atoms with E-state index in [0.29, 0.717) is 47.3 Å². The van der Waals surface area contributed by atoms with E-state index in [1.54, 1.807) is 25.3 Å². The summed E-state index contributed by atoms with van der Waals surface area (Å²) < 4.78 is 18.5. The maximum absolute atomic E-state index is 12.8. The van der Waals surface area contributed by atoms with Gasteiger partial charge >= 0.3 is 0 Å². The summed E-state index contributed by atoms with van der Waals surface area (Å²) in [5.41, 5.74) is 3.71. The molecule has 1 aromatic heterocycles. The number of carbonyl (C=O) groups excluding carboxylic acids is 1. The number of amides is 1. The van der Waals surface area contributed by atoms with Crippen molar-refractivity contribution in [2.75, 3.05) is 31.4 Å². The van der Waals surface area contributed by atoms with Crippen LogP contribution in [0.25, 0.3) is 17.1 Å². The molecule has 3 aromatic carbocycles. The largest absolute Gasteiger partial charge is 0.497 e. The highest BCUT2D eigenvalue weighted by atomic mass is 32.2. The number of hydrogen-bond donors (Lipinski definition) is 1. The highest BCUT2D eigenvalue weighted by Gasteiger charge is 2.21. The van der Waals surface area contributed by atoms with Crippen molar-refractivity contribution in [3.8, 4) is 34.3 Å². The zero-order chi connectivity index (χ0) is 25.8. The second-order valence-corrected chi connectivity index (χ2v) is 9.72. The maximum atomic E-state index is 12.8. The lowest BCUT2D eigenvalue weighted by Crippen LogP contribution is -2.17. The minimum absolute atomic E-state index is 0.153. The Kier molecular flexibility index (Phi) is 7.32. The van der Waals surface area contributed by atoms with Crippen molar-refractivity contribution in [1.29, 1.82) is 0 Å². The van der Waals surface area contributed by atoms with Gasteiger partial charge in [0.2, 0.25) is 5.91 Å². The standard InChI is InChI=1S/C28H28N4O4S/c1-18(2)22-6-4-5-7-23(22)32-27(19-8-11-21(34-3)12-9-19)30-31-28(32)37-17-26(33)29-20-10-13-24-25(16-20)36-15-14-35-24/h4-13,16,18H,14-15,17H2,1-3H3,(H,29,33). The molecule has 1 N–H and O–H groups in total. The molecule has 190 valence electrons. The lowest BCUT2D eigenvalue weighted by Gasteiger charge is -2.19. The molecule has 9 heteroatoms. The Morgan fingerprint density at radius 2 is 1.78 bits per heavy atom. The number of fused-ring (bicyclic) bond motifs is 1. The molecule has 5 rings (SSSR count). The summed E-state index contributed by atoms with van der Waals surface area (Å²) in [6.07, 6.45) is 0. The first-order valence-electron chi connectivity index (χ1n) is 12.0. The van der Waals surface area contributed by atoms with Crippen LogP contribution in [0.4, 0.5) is 5.69 Å². The van der Waals surface area contributed by atoms with Crippen LogP contribution < -0.4 is 19.5 Å². The third-order valence-corrected chi connectivity index (χ3v) is 6.87. The summed E-state index contributed by atoms with van der Waals surface area (Å²) >= 11 is 1.34. The van der Waals surface area contributed by atoms with Crippen molar-refractivity contribution in [1.82, 2.24) is 14.8 Å². The quantitative estimate of drug-likeness (QED) is 0.307. The monoisotopic (exact) mass is 516 g/mol. The Hall–Kier alpha value is -3.98. The Bertz CT molecular complexity index is 1400. The molecule has 0 atom stereocenters. The number of methoxy groups -OCH3 is 1. The summed E-state index contributed by atoms with van der Waals surface area (Å²) in [5, 5.41) is 12.6. The lowest BCUT2D eigenvalue weighted by atomic mass is 10.0. The van der Waals surface area contributed by atoms with Gasteiger partial charge in [0.1, 0.15) is 19.0 Å². The molecule has 2 heterocycles. The van der Waals surface area contributed by atoms with Crippen LogP contribution in [0, 0.1) is 0 Å². The molecule has 1 aliphatic rings. The van der Waals surface area contributed by atoms with Gasteiger partial charge in [-0.1, -0.05) is 43.8 Å². The Morgan fingerprint density at radius 3 is 2.54 bits per heavy atom. The van der Waals surface area contributed by atoms with Gasteiger partial charge in [0, 0.05) is 17.3 Å². The average molecular weight is 517 g/mol. The van der Waals surface area contributed by atoms with Gasteiger partial charge in [-0.3, -0.25) is 9.36 Å². The van der Waals surface area contributed by atoms with E-state index in [0.717, 1.165) is 17.0 Å². The second kappa shape index (κ2) is 11.0. The summed E-state index contributed by atoms with van der Waals surface area (Å²) in [6.45, 7) is 5.33. The minimum atomic E-state index is -0.153. The third kappa shape index (κ3) is 5.41. The zero-order valence-electron chi connectivity index (χ0n) is 20.9. The van der Waals surface area contributed by atoms with E-state index in [4.69, 9.17) is 14.2 Å². The molecule has 8 nitrogen and oxygen atoms in total. The van der Waals surface area contributed by atoms with E-state index in [-0.39, 0.29) is 11.7 Å². The lowest BCUT2D eigenvalue weighted by molar-refractivity contribution is -0.113. The fourth-order valence-corrected chi connectivity index (χ4v) is 4.88. The first-order valence-corrected chi connectivity index (χ1v) is 13.0. The molecule has 0 bridgehead atoms. The van der Waals surface area contributed by atoms with Gasteiger partial charge in [0.15, 0.2) is 22.5 Å². The number of hydrogen-bond acceptors (Lipinski definition) is 7. The molecule has 0 radical (unpaired) electrons. The van der Waals surface area contributed by atoms with Crippen molar-refractivity contribution in [2.45, 2.75) is 24.9 Å². The number of benzene rings is 3. The number of para-hydroxylation sites is 1. The van der Waals surface area contributed by atoms with Crippen LogP contribution in [-0.4, -0.2) is 46.7 Å². The number of anilines is 1. The number of thioether (sulfide) groups is 1. The molecule has 0 aliphatic carbocycles. The van der Waals surface area contributed by atoms with E-state index in [1.807, 2.05) is 41.0 Å². The van der Waals surface area contributed by atoms with Crippen LogP contribution in [0.3, 0.4) is 0 Å². The van der Waals surface area contributed by atoms with Crippen LogP contribution in [0.5, 0.6) is 17.2 Å². The van der Waals surface area contributed by atoms with E-state index in [2.05, 4.69) is 41.5 Å². The normalized spacial score (nSPS) is 12.4. The van der Waals surface area contributed by atoms with E-state index >= 15 is 0 Å². The van der Waals surface area contributed by atoms with Crippen molar-refractivity contribution >= 4 is 23.4 Å². The molecular weight excluding hydrogens is 488 g/mol. The SMILES string of the molecule is COc1ccc(-c2nnc(SCC(=O)Nc3ccc4c(c3)OCCO4)n2-c2ccccc2C(C)C)cc1. The molecule has 0 spiro atoms. The smallest absolute Gasteiger partial charge is 0.234 e. The predicted molar refractivity (Wildman–Crippen MR) is 144 cm³/mol.